The molecule has 0 aliphatic carbocycles. The van der Waals surface area contributed by atoms with Crippen LogP contribution in [0.3, 0.4) is 0 Å². The Hall–Kier alpha value is -0.0800. The normalized spacial score (nSPS) is 43.8. The van der Waals surface area contributed by atoms with E-state index in [4.69, 9.17) is 0 Å². The van der Waals surface area contributed by atoms with Crippen LogP contribution in [0.1, 0.15) is 45.4 Å². The summed E-state index contributed by atoms with van der Waals surface area (Å²) in [5.41, 5.74) is 0. The first-order valence-corrected chi connectivity index (χ1v) is 5.62. The Morgan fingerprint density at radius 1 is 1.00 bits per heavy atom. The molecule has 2 rings (SSSR count). The van der Waals surface area contributed by atoms with E-state index < -0.39 is 0 Å². The minimum absolute atomic E-state index is 0. The van der Waals surface area contributed by atoms with Gasteiger partial charge < -0.3 is 9.96 Å². The summed E-state index contributed by atoms with van der Waals surface area (Å²) in [6.45, 7) is 3.73. The van der Waals surface area contributed by atoms with E-state index in [0.29, 0.717) is 0 Å². The summed E-state index contributed by atoms with van der Waals surface area (Å²) >= 11 is 0. The van der Waals surface area contributed by atoms with Gasteiger partial charge in [-0.1, -0.05) is 0 Å². The molecule has 0 aromatic carbocycles. The zero-order chi connectivity index (χ0) is 8.60. The Kier molecular flexibility index (Phi) is 3.36. The predicted octanol–water partition coefficient (Wildman–Crippen LogP) is 2.38. The van der Waals surface area contributed by atoms with Crippen molar-refractivity contribution in [3.8, 4) is 0 Å². The number of fused-ring (bicyclic) bond motifs is 2. The summed E-state index contributed by atoms with van der Waals surface area (Å²) in [4.78, 5) is 0. The third-order valence-corrected chi connectivity index (χ3v) is 4.50. The molecule has 1 N–H and O–H groups in total. The van der Waals surface area contributed by atoms with Crippen molar-refractivity contribution >= 4 is 0 Å². The number of hydrogen-bond acceptors (Lipinski definition) is 1. The standard InChI is InChI=1S/C11H22N.H2O/c1-3-12(2)10-6-4-7-11(12)9-5-8-10;/h10-11H,3-9H2,1-2H3;1H2/q+1;/p-1. The second-order valence-corrected chi connectivity index (χ2v) is 4.83. The van der Waals surface area contributed by atoms with Gasteiger partial charge in [0.2, 0.25) is 0 Å². The summed E-state index contributed by atoms with van der Waals surface area (Å²) < 4.78 is 1.40. The first-order chi connectivity index (χ1) is 5.77. The molecule has 2 aliphatic rings. The van der Waals surface area contributed by atoms with E-state index in [1.807, 2.05) is 0 Å². The van der Waals surface area contributed by atoms with Gasteiger partial charge in [0.15, 0.2) is 0 Å². The number of rotatable bonds is 1. The Morgan fingerprint density at radius 2 is 1.38 bits per heavy atom. The van der Waals surface area contributed by atoms with Gasteiger partial charge in [-0.15, -0.1) is 0 Å². The number of nitrogens with zero attached hydrogens (tertiary/aromatic N) is 1. The summed E-state index contributed by atoms with van der Waals surface area (Å²) in [6, 6.07) is 2.03. The lowest BCUT2D eigenvalue weighted by Gasteiger charge is -2.53. The molecule has 0 radical (unpaired) electrons. The van der Waals surface area contributed by atoms with Crippen LogP contribution in [0.25, 0.3) is 0 Å². The van der Waals surface area contributed by atoms with Crippen LogP contribution in [-0.2, 0) is 0 Å². The molecule has 2 saturated heterocycles. The molecule has 2 nitrogen and oxygen atoms in total. The van der Waals surface area contributed by atoms with Crippen molar-refractivity contribution in [1.29, 1.82) is 0 Å². The molecule has 2 heteroatoms. The van der Waals surface area contributed by atoms with Gasteiger partial charge in [-0.2, -0.15) is 0 Å². The Labute approximate surface area is 81.8 Å². The molecule has 0 atom stereocenters. The van der Waals surface area contributed by atoms with Crippen molar-refractivity contribution < 1.29 is 9.96 Å². The summed E-state index contributed by atoms with van der Waals surface area (Å²) in [5.74, 6) is 0. The average Bonchev–Trinajstić information content (AvgIpc) is 2.03. The van der Waals surface area contributed by atoms with Gasteiger partial charge in [0.1, 0.15) is 0 Å². The number of hydrogen-bond donors (Lipinski definition) is 0. The SMILES string of the molecule is CC[N+]1(C)C2CCCC1CCC2.[OH-]. The van der Waals surface area contributed by atoms with Gasteiger partial charge in [0.25, 0.3) is 0 Å². The predicted molar refractivity (Wildman–Crippen MR) is 53.9 cm³/mol. The van der Waals surface area contributed by atoms with Crippen molar-refractivity contribution in [2.45, 2.75) is 57.5 Å². The fraction of sp³-hybridized carbons (Fsp3) is 1.00. The minimum atomic E-state index is 0. The molecule has 0 spiro atoms. The molecule has 2 bridgehead atoms. The largest absolute Gasteiger partial charge is 0.870 e. The fourth-order valence-electron chi connectivity index (χ4n) is 3.46. The van der Waals surface area contributed by atoms with Gasteiger partial charge in [-0.3, -0.25) is 0 Å². The zero-order valence-electron chi connectivity index (χ0n) is 9.00. The van der Waals surface area contributed by atoms with E-state index in [9.17, 15) is 0 Å². The maximum Gasteiger partial charge on any atom is 0.0890 e. The topological polar surface area (TPSA) is 30.0 Å². The molecule has 0 amide bonds. The van der Waals surface area contributed by atoms with Crippen molar-refractivity contribution in [2.75, 3.05) is 13.6 Å². The van der Waals surface area contributed by atoms with Crippen molar-refractivity contribution in [2.24, 2.45) is 0 Å². The highest BCUT2D eigenvalue weighted by atomic mass is 16.0. The van der Waals surface area contributed by atoms with Gasteiger partial charge in [-0.25, -0.2) is 0 Å². The van der Waals surface area contributed by atoms with Crippen LogP contribution in [0.4, 0.5) is 0 Å². The summed E-state index contributed by atoms with van der Waals surface area (Å²) in [5, 5.41) is 0. The minimum Gasteiger partial charge on any atom is -0.870 e. The Morgan fingerprint density at radius 3 is 1.62 bits per heavy atom. The molecule has 2 heterocycles. The third kappa shape index (κ3) is 1.62. The first kappa shape index (κ1) is 11.0. The molecule has 0 unspecified atom stereocenters. The second kappa shape index (κ2) is 3.97. The van der Waals surface area contributed by atoms with Crippen LogP contribution >= 0.6 is 0 Å². The van der Waals surface area contributed by atoms with Crippen LogP contribution in [-0.4, -0.2) is 35.6 Å². The molecule has 0 aromatic heterocycles. The zero-order valence-corrected chi connectivity index (χ0v) is 9.00. The van der Waals surface area contributed by atoms with Crippen LogP contribution in [0.15, 0.2) is 0 Å². The molecule has 0 saturated carbocycles. The van der Waals surface area contributed by atoms with E-state index in [1.54, 1.807) is 0 Å². The first-order valence-electron chi connectivity index (χ1n) is 5.62. The lowest BCUT2D eigenvalue weighted by Crippen LogP contribution is -2.62. The van der Waals surface area contributed by atoms with Gasteiger partial charge in [0.05, 0.1) is 25.7 Å². The van der Waals surface area contributed by atoms with Crippen molar-refractivity contribution in [1.82, 2.24) is 0 Å². The average molecular weight is 185 g/mol. The summed E-state index contributed by atoms with van der Waals surface area (Å²) in [6.07, 6.45) is 9.01. The molecule has 0 aromatic rings. The molecule has 78 valence electrons. The van der Waals surface area contributed by atoms with Crippen LogP contribution in [0, 0.1) is 0 Å². The lowest BCUT2D eigenvalue weighted by molar-refractivity contribution is -0.965. The van der Waals surface area contributed by atoms with Crippen LogP contribution in [0.5, 0.6) is 0 Å². The lowest BCUT2D eigenvalue weighted by atomic mass is 9.82. The smallest absolute Gasteiger partial charge is 0.0890 e. The quantitative estimate of drug-likeness (QED) is 0.577. The van der Waals surface area contributed by atoms with E-state index in [0.717, 1.165) is 12.1 Å². The molecule has 13 heavy (non-hydrogen) atoms. The molecular formula is C11H23NO. The Bertz CT molecular complexity index is 147. The van der Waals surface area contributed by atoms with Crippen LogP contribution in [0.2, 0.25) is 0 Å². The van der Waals surface area contributed by atoms with Crippen LogP contribution < -0.4 is 0 Å². The van der Waals surface area contributed by atoms with Gasteiger partial charge >= 0.3 is 0 Å². The second-order valence-electron chi connectivity index (χ2n) is 4.83. The van der Waals surface area contributed by atoms with Crippen molar-refractivity contribution in [3.63, 3.8) is 0 Å². The highest BCUT2D eigenvalue weighted by Crippen LogP contribution is 2.38. The number of quaternary nitrogens is 1. The Balaban J connectivity index is 0.000000845. The van der Waals surface area contributed by atoms with E-state index >= 15 is 0 Å². The molecule has 2 aliphatic heterocycles. The van der Waals surface area contributed by atoms with Crippen molar-refractivity contribution in [3.05, 3.63) is 0 Å². The molecule has 2 fully saturated rings. The maximum atomic E-state index is 2.49. The maximum absolute atomic E-state index is 2.49. The van der Waals surface area contributed by atoms with E-state index in [-0.39, 0.29) is 5.48 Å². The highest BCUT2D eigenvalue weighted by molar-refractivity contribution is 4.78. The summed E-state index contributed by atoms with van der Waals surface area (Å²) in [7, 11) is 2.49. The number of piperidine rings is 2. The third-order valence-electron chi connectivity index (χ3n) is 4.50. The van der Waals surface area contributed by atoms with E-state index in [1.165, 1.54) is 49.6 Å². The van der Waals surface area contributed by atoms with Gasteiger partial charge in [0, 0.05) is 0 Å². The monoisotopic (exact) mass is 185 g/mol. The van der Waals surface area contributed by atoms with Gasteiger partial charge in [-0.05, 0) is 45.4 Å². The molecular weight excluding hydrogens is 162 g/mol. The fourth-order valence-corrected chi connectivity index (χ4v) is 3.46. The van der Waals surface area contributed by atoms with E-state index in [2.05, 4.69) is 14.0 Å². The highest BCUT2D eigenvalue weighted by Gasteiger charge is 2.44.